The van der Waals surface area contributed by atoms with Gasteiger partial charge in [0.25, 0.3) is 5.91 Å². The van der Waals surface area contributed by atoms with E-state index < -0.39 is 0 Å². The molecule has 0 atom stereocenters. The number of rotatable bonds is 3. The van der Waals surface area contributed by atoms with Gasteiger partial charge in [-0.3, -0.25) is 9.89 Å². The Kier molecular flexibility index (Phi) is 5.80. The van der Waals surface area contributed by atoms with Gasteiger partial charge in [0.1, 0.15) is 0 Å². The van der Waals surface area contributed by atoms with E-state index in [1.807, 2.05) is 43.5 Å². The molecule has 1 radical (unpaired) electrons. The number of benzene rings is 1. The molecule has 0 bridgehead atoms. The molecule has 5 nitrogen and oxygen atoms in total. The van der Waals surface area contributed by atoms with Crippen LogP contribution in [0.5, 0.6) is 0 Å². The molecular formula is C17H15N4OY-. The van der Waals surface area contributed by atoms with E-state index in [-0.39, 0.29) is 38.6 Å². The Morgan fingerprint density at radius 2 is 2.04 bits per heavy atom. The zero-order valence-electron chi connectivity index (χ0n) is 13.0. The van der Waals surface area contributed by atoms with E-state index in [0.29, 0.717) is 5.56 Å². The van der Waals surface area contributed by atoms with E-state index in [9.17, 15) is 4.79 Å². The number of pyridine rings is 1. The summed E-state index contributed by atoms with van der Waals surface area (Å²) in [4.78, 5) is 12.2. The number of hydrogen-bond donors (Lipinski definition) is 0. The monoisotopic (exact) mass is 380 g/mol. The van der Waals surface area contributed by atoms with Crippen molar-refractivity contribution in [1.82, 2.24) is 14.6 Å². The summed E-state index contributed by atoms with van der Waals surface area (Å²) in [6.45, 7) is 2.01. The average Bonchev–Trinajstić information content (AvgIpc) is 2.95. The Morgan fingerprint density at radius 1 is 1.30 bits per heavy atom. The van der Waals surface area contributed by atoms with Crippen molar-refractivity contribution in [1.29, 1.82) is 0 Å². The van der Waals surface area contributed by atoms with E-state index in [1.54, 1.807) is 29.9 Å². The first-order valence-electron chi connectivity index (χ1n) is 6.89. The Balaban J connectivity index is 0.00000192. The fourth-order valence-corrected chi connectivity index (χ4v) is 2.11. The Hall–Kier alpha value is -1.85. The molecule has 0 saturated heterocycles. The quantitative estimate of drug-likeness (QED) is 0.398. The van der Waals surface area contributed by atoms with Crippen LogP contribution in [0.1, 0.15) is 21.5 Å². The van der Waals surface area contributed by atoms with Gasteiger partial charge in [-0.25, -0.2) is 10.1 Å². The maximum Gasteiger partial charge on any atom is 0.272 e. The normalized spacial score (nSPS) is 10.7. The van der Waals surface area contributed by atoms with Crippen LogP contribution in [0.15, 0.2) is 53.8 Å². The van der Waals surface area contributed by atoms with Crippen LogP contribution < -0.4 is 0 Å². The van der Waals surface area contributed by atoms with Gasteiger partial charge in [0.2, 0.25) is 0 Å². The van der Waals surface area contributed by atoms with Gasteiger partial charge in [0.05, 0.1) is 0 Å². The molecule has 0 spiro atoms. The summed E-state index contributed by atoms with van der Waals surface area (Å²) in [5, 5.41) is 9.64. The van der Waals surface area contributed by atoms with Crippen molar-refractivity contribution in [3.63, 3.8) is 0 Å². The molecule has 0 fully saturated rings. The second kappa shape index (κ2) is 7.62. The molecule has 3 aromatic rings. The minimum absolute atomic E-state index is 0. The third-order valence-electron chi connectivity index (χ3n) is 3.32. The zero-order valence-corrected chi connectivity index (χ0v) is 15.8. The van der Waals surface area contributed by atoms with Gasteiger partial charge in [0, 0.05) is 51.5 Å². The molecule has 113 valence electrons. The molecule has 2 aromatic heterocycles. The number of carbonyl (C=O) groups is 1. The fraction of sp³-hybridized carbons (Fsp3) is 0.118. The molecule has 1 aromatic carbocycles. The number of nitrogens with zero attached hydrogens (tertiary/aromatic N) is 4. The van der Waals surface area contributed by atoms with E-state index in [0.717, 1.165) is 16.6 Å². The molecule has 0 unspecified atom stereocenters. The number of hydrazone groups is 1. The first-order chi connectivity index (χ1) is 10.6. The number of aryl methyl sites for hydroxylation is 1. The van der Waals surface area contributed by atoms with E-state index in [1.165, 1.54) is 5.01 Å². The van der Waals surface area contributed by atoms with Crippen LogP contribution >= 0.6 is 0 Å². The fourth-order valence-electron chi connectivity index (χ4n) is 2.11. The Morgan fingerprint density at radius 3 is 2.78 bits per heavy atom. The largest absolute Gasteiger partial charge is 0.306 e. The van der Waals surface area contributed by atoms with Crippen LogP contribution in [0.3, 0.4) is 0 Å². The molecule has 0 aliphatic carbocycles. The second-order valence-electron chi connectivity index (χ2n) is 5.00. The molecule has 0 aliphatic rings. The number of amides is 1. The zero-order chi connectivity index (χ0) is 15.5. The summed E-state index contributed by atoms with van der Waals surface area (Å²) in [6, 6.07) is 13.0. The smallest absolute Gasteiger partial charge is 0.272 e. The van der Waals surface area contributed by atoms with Gasteiger partial charge >= 0.3 is 0 Å². The third kappa shape index (κ3) is 3.92. The molecule has 0 saturated carbocycles. The summed E-state index contributed by atoms with van der Waals surface area (Å²) >= 11 is 0. The Bertz CT molecular complexity index is 842. The van der Waals surface area contributed by atoms with Crippen LogP contribution in [-0.2, 0) is 32.7 Å². The maximum atomic E-state index is 12.2. The summed E-state index contributed by atoms with van der Waals surface area (Å²) < 4.78 is 1.73. The SMILES string of the molecule is Cc1ccn2n[c-]c(/C=N/N(C)C(=O)c3ccccc3)c2c1.[Y]. The summed E-state index contributed by atoms with van der Waals surface area (Å²) in [5.41, 5.74) is 3.38. The van der Waals surface area contributed by atoms with Crippen molar-refractivity contribution in [2.75, 3.05) is 7.05 Å². The van der Waals surface area contributed by atoms with Gasteiger partial charge in [0.15, 0.2) is 0 Å². The number of aromatic nitrogens is 2. The number of carbonyl (C=O) groups excluding carboxylic acids is 1. The molecule has 0 aliphatic heterocycles. The minimum Gasteiger partial charge on any atom is -0.306 e. The first kappa shape index (κ1) is 17.5. The van der Waals surface area contributed by atoms with E-state index in [2.05, 4.69) is 16.4 Å². The van der Waals surface area contributed by atoms with Crippen molar-refractivity contribution in [2.45, 2.75) is 6.92 Å². The molecule has 1 amide bonds. The maximum absolute atomic E-state index is 12.2. The van der Waals surface area contributed by atoms with Gasteiger partial charge in [-0.15, -0.1) is 5.56 Å². The molecule has 23 heavy (non-hydrogen) atoms. The van der Waals surface area contributed by atoms with Gasteiger partial charge < -0.3 is 4.52 Å². The number of fused-ring (bicyclic) bond motifs is 1. The van der Waals surface area contributed by atoms with E-state index >= 15 is 0 Å². The molecule has 2 heterocycles. The van der Waals surface area contributed by atoms with Crippen molar-refractivity contribution in [3.8, 4) is 0 Å². The average molecular weight is 380 g/mol. The number of hydrogen-bond acceptors (Lipinski definition) is 3. The predicted octanol–water partition coefficient (Wildman–Crippen LogP) is 2.55. The summed E-state index contributed by atoms with van der Waals surface area (Å²) in [5.74, 6) is -0.162. The van der Waals surface area contributed by atoms with Gasteiger partial charge in [-0.05, 0) is 36.8 Å². The minimum atomic E-state index is -0.162. The van der Waals surface area contributed by atoms with Crippen molar-refractivity contribution in [3.05, 3.63) is 71.5 Å². The van der Waals surface area contributed by atoms with Gasteiger partial charge in [-0.1, -0.05) is 36.0 Å². The van der Waals surface area contributed by atoms with E-state index in [4.69, 9.17) is 0 Å². The molecule has 3 rings (SSSR count). The van der Waals surface area contributed by atoms with Gasteiger partial charge in [-0.2, -0.15) is 0 Å². The summed E-state index contributed by atoms with van der Waals surface area (Å²) in [6.07, 6.45) is 6.37. The van der Waals surface area contributed by atoms with Crippen LogP contribution in [0.2, 0.25) is 0 Å². The van der Waals surface area contributed by atoms with Crippen molar-refractivity contribution < 1.29 is 37.5 Å². The van der Waals surface area contributed by atoms with Crippen LogP contribution in [0, 0.1) is 13.1 Å². The molecule has 0 N–H and O–H groups in total. The second-order valence-corrected chi connectivity index (χ2v) is 5.00. The van der Waals surface area contributed by atoms with Crippen LogP contribution in [0.25, 0.3) is 5.52 Å². The standard InChI is InChI=1S/C17H15N4O.Y/c1-13-8-9-21-16(10-13)15(12-19-21)11-18-20(2)17(22)14-6-4-3-5-7-14;/h3-11H,1-2H3;/q-1;/b18-11+;. The van der Waals surface area contributed by atoms with Crippen molar-refractivity contribution in [2.24, 2.45) is 5.10 Å². The molecule has 6 heteroatoms. The van der Waals surface area contributed by atoms with Crippen molar-refractivity contribution >= 4 is 17.6 Å². The first-order valence-corrected chi connectivity index (χ1v) is 6.89. The third-order valence-corrected chi connectivity index (χ3v) is 3.32. The molecular weight excluding hydrogens is 365 g/mol. The predicted molar refractivity (Wildman–Crippen MR) is 84.9 cm³/mol. The van der Waals surface area contributed by atoms with Crippen LogP contribution in [-0.4, -0.2) is 33.8 Å². The topological polar surface area (TPSA) is 50.0 Å². The van der Waals surface area contributed by atoms with Crippen LogP contribution in [0.4, 0.5) is 0 Å². The summed E-state index contributed by atoms with van der Waals surface area (Å²) in [7, 11) is 1.63. The Labute approximate surface area is 159 Å².